The second kappa shape index (κ2) is 4.76. The highest BCUT2D eigenvalue weighted by Gasteiger charge is 2.23. The Morgan fingerprint density at radius 1 is 1.21 bits per heavy atom. The van der Waals surface area contributed by atoms with E-state index < -0.39 is 7.60 Å². The van der Waals surface area contributed by atoms with E-state index in [4.69, 9.17) is 14.1 Å². The lowest BCUT2D eigenvalue weighted by Gasteiger charge is -2.13. The molecule has 0 saturated heterocycles. The fourth-order valence-corrected chi connectivity index (χ4v) is 2.15. The highest BCUT2D eigenvalue weighted by Crippen LogP contribution is 2.44. The third-order valence-electron chi connectivity index (χ3n) is 1.92. The van der Waals surface area contributed by atoms with Gasteiger partial charge in [0.25, 0.3) is 0 Å². The summed E-state index contributed by atoms with van der Waals surface area (Å²) in [6, 6.07) is 6.61. The van der Waals surface area contributed by atoms with Gasteiger partial charge in [-0.1, -0.05) is 17.6 Å². The number of benzene rings is 1. The summed E-state index contributed by atoms with van der Waals surface area (Å²) in [5.41, 5.74) is 0.757. The molecule has 1 N–H and O–H groups in total. The lowest BCUT2D eigenvalue weighted by atomic mass is 9.89. The Labute approximate surface area is 83.7 Å². The van der Waals surface area contributed by atoms with E-state index in [9.17, 15) is 4.57 Å². The molecule has 0 heterocycles. The molecular weight excluding hydrogens is 202 g/mol. The second-order valence-corrected chi connectivity index (χ2v) is 4.93. The Hall–Kier alpha value is -0.605. The minimum absolute atomic E-state index is 0.0372. The van der Waals surface area contributed by atoms with E-state index in [0.717, 1.165) is 5.46 Å². The molecule has 0 aliphatic carbocycles. The number of rotatable bonds is 4. The van der Waals surface area contributed by atoms with Crippen LogP contribution in [0.25, 0.3) is 0 Å². The summed E-state index contributed by atoms with van der Waals surface area (Å²) in [4.78, 5) is 0. The highest BCUT2D eigenvalue weighted by molar-refractivity contribution is 7.62. The third-order valence-corrected chi connectivity index (χ3v) is 3.81. The van der Waals surface area contributed by atoms with Crippen LogP contribution in [0.1, 0.15) is 0 Å². The topological polar surface area (TPSA) is 55.8 Å². The Morgan fingerprint density at radius 3 is 2.07 bits per heavy atom. The van der Waals surface area contributed by atoms with Gasteiger partial charge < -0.3 is 14.1 Å². The van der Waals surface area contributed by atoms with Crippen molar-refractivity contribution in [2.45, 2.75) is 0 Å². The summed E-state index contributed by atoms with van der Waals surface area (Å²) in [7, 11) is -0.508. The first kappa shape index (κ1) is 11.5. The van der Waals surface area contributed by atoms with Gasteiger partial charge in [-0.05, 0) is 12.1 Å². The fraction of sp³-hybridized carbons (Fsp3) is 0.250. The zero-order chi connectivity index (χ0) is 10.6. The minimum atomic E-state index is -3.15. The quantitative estimate of drug-likeness (QED) is 0.555. The van der Waals surface area contributed by atoms with Crippen molar-refractivity contribution in [2.24, 2.45) is 0 Å². The Kier molecular flexibility index (Phi) is 3.90. The molecule has 0 spiro atoms. The van der Waals surface area contributed by atoms with Crippen LogP contribution in [0.4, 0.5) is 0 Å². The lowest BCUT2D eigenvalue weighted by molar-refractivity contribution is 0.287. The van der Waals surface area contributed by atoms with E-state index in [1.54, 1.807) is 24.3 Å². The van der Waals surface area contributed by atoms with Crippen LogP contribution in [-0.4, -0.2) is 26.7 Å². The third kappa shape index (κ3) is 2.25. The van der Waals surface area contributed by atoms with Crippen molar-refractivity contribution in [2.75, 3.05) is 14.2 Å². The van der Waals surface area contributed by atoms with Gasteiger partial charge in [0.2, 0.25) is 0 Å². The molecule has 0 atom stereocenters. The maximum absolute atomic E-state index is 11.8. The standard InChI is InChI=1S/C8H12BO4P/c1-12-14(11,13-2)8-5-3-7(9-10)4-6-8/h3-6,9-10H,1-2H3. The molecule has 0 bridgehead atoms. The molecule has 76 valence electrons. The molecule has 0 aliphatic rings. The van der Waals surface area contributed by atoms with Crippen molar-refractivity contribution in [1.82, 2.24) is 0 Å². The van der Waals surface area contributed by atoms with Crippen molar-refractivity contribution < 1.29 is 18.6 Å². The van der Waals surface area contributed by atoms with Crippen molar-refractivity contribution in [3.63, 3.8) is 0 Å². The van der Waals surface area contributed by atoms with Crippen LogP contribution in [0.5, 0.6) is 0 Å². The molecule has 14 heavy (non-hydrogen) atoms. The fourth-order valence-electron chi connectivity index (χ4n) is 1.07. The van der Waals surface area contributed by atoms with Gasteiger partial charge in [-0.3, -0.25) is 4.57 Å². The summed E-state index contributed by atoms with van der Waals surface area (Å²) < 4.78 is 21.5. The van der Waals surface area contributed by atoms with Crippen molar-refractivity contribution in [1.29, 1.82) is 0 Å². The van der Waals surface area contributed by atoms with Gasteiger partial charge in [0.05, 0.1) is 5.30 Å². The molecule has 0 saturated carbocycles. The summed E-state index contributed by atoms with van der Waals surface area (Å²) >= 11 is 0. The van der Waals surface area contributed by atoms with Crippen LogP contribution < -0.4 is 10.8 Å². The molecule has 0 aromatic heterocycles. The molecule has 0 aliphatic heterocycles. The van der Waals surface area contributed by atoms with Crippen LogP contribution in [0.2, 0.25) is 0 Å². The molecule has 1 rings (SSSR count). The first-order chi connectivity index (χ1) is 6.66. The molecule has 1 aromatic rings. The van der Waals surface area contributed by atoms with Crippen molar-refractivity contribution in [3.05, 3.63) is 24.3 Å². The molecule has 0 unspecified atom stereocenters. The molecule has 0 fully saturated rings. The maximum Gasteiger partial charge on any atom is 0.360 e. The van der Waals surface area contributed by atoms with Gasteiger partial charge in [-0.25, -0.2) is 0 Å². The predicted molar refractivity (Wildman–Crippen MR) is 56.7 cm³/mol. The Balaban J connectivity index is 3.01. The van der Waals surface area contributed by atoms with Crippen LogP contribution in [0.15, 0.2) is 24.3 Å². The van der Waals surface area contributed by atoms with Gasteiger partial charge in [0, 0.05) is 14.2 Å². The summed E-state index contributed by atoms with van der Waals surface area (Å²) in [6.07, 6.45) is 0. The minimum Gasteiger partial charge on any atom is -0.449 e. The molecule has 1 aromatic carbocycles. The van der Waals surface area contributed by atoms with Gasteiger partial charge in [-0.15, -0.1) is 0 Å². The van der Waals surface area contributed by atoms with Crippen LogP contribution in [0.3, 0.4) is 0 Å². The molecule has 4 nitrogen and oxygen atoms in total. The highest BCUT2D eigenvalue weighted by atomic mass is 31.2. The lowest BCUT2D eigenvalue weighted by Crippen LogP contribution is -2.17. The summed E-state index contributed by atoms with van der Waals surface area (Å²) in [5, 5.41) is 9.30. The van der Waals surface area contributed by atoms with Crippen LogP contribution in [-0.2, 0) is 13.6 Å². The second-order valence-electron chi connectivity index (χ2n) is 2.69. The van der Waals surface area contributed by atoms with E-state index in [2.05, 4.69) is 0 Å². The van der Waals surface area contributed by atoms with E-state index in [1.807, 2.05) is 0 Å². The van der Waals surface area contributed by atoms with Gasteiger partial charge in [0.1, 0.15) is 0 Å². The Morgan fingerprint density at radius 2 is 1.71 bits per heavy atom. The SMILES string of the molecule is COP(=O)(OC)c1ccc(BO)cc1. The van der Waals surface area contributed by atoms with Crippen molar-refractivity contribution in [3.8, 4) is 0 Å². The van der Waals surface area contributed by atoms with Gasteiger partial charge in [-0.2, -0.15) is 0 Å². The first-order valence-electron chi connectivity index (χ1n) is 4.08. The largest absolute Gasteiger partial charge is 0.449 e. The molecular formula is C8H12BO4P. The average molecular weight is 214 g/mol. The van der Waals surface area contributed by atoms with E-state index in [0.29, 0.717) is 5.30 Å². The van der Waals surface area contributed by atoms with Gasteiger partial charge >= 0.3 is 15.1 Å². The summed E-state index contributed by atoms with van der Waals surface area (Å²) in [5.74, 6) is 0. The monoisotopic (exact) mass is 214 g/mol. The zero-order valence-corrected chi connectivity index (χ0v) is 9.03. The smallest absolute Gasteiger partial charge is 0.360 e. The molecule has 0 amide bonds. The first-order valence-corrected chi connectivity index (χ1v) is 5.62. The van der Waals surface area contributed by atoms with E-state index >= 15 is 0 Å². The van der Waals surface area contributed by atoms with E-state index in [-0.39, 0.29) is 7.48 Å². The predicted octanol–water partition coefficient (Wildman–Crippen LogP) is -0.233. The molecule has 0 radical (unpaired) electrons. The summed E-state index contributed by atoms with van der Waals surface area (Å²) in [6.45, 7) is 0. The van der Waals surface area contributed by atoms with Crippen LogP contribution in [0, 0.1) is 0 Å². The van der Waals surface area contributed by atoms with Crippen molar-refractivity contribution >= 4 is 25.8 Å². The number of hydrogen-bond donors (Lipinski definition) is 1. The molecule has 6 heteroatoms. The van der Waals surface area contributed by atoms with E-state index in [1.165, 1.54) is 14.2 Å². The maximum atomic E-state index is 11.8. The zero-order valence-electron chi connectivity index (χ0n) is 8.14. The Bertz CT molecular complexity index is 330. The van der Waals surface area contributed by atoms with Crippen LogP contribution >= 0.6 is 7.60 Å². The normalized spacial score (nSPS) is 11.4. The van der Waals surface area contributed by atoms with Gasteiger partial charge in [0.15, 0.2) is 0 Å². The number of hydrogen-bond acceptors (Lipinski definition) is 4. The average Bonchev–Trinajstić information content (AvgIpc) is 2.28.